The highest BCUT2D eigenvalue weighted by Gasteiger charge is 2.45. The van der Waals surface area contributed by atoms with Crippen molar-refractivity contribution in [3.8, 4) is 0 Å². The fraction of sp³-hybridized carbons (Fsp3) is 0.463. The molecule has 3 N–H and O–H groups in total. The molecule has 4 aromatic rings. The van der Waals surface area contributed by atoms with Crippen molar-refractivity contribution in [1.82, 2.24) is 29.9 Å². The van der Waals surface area contributed by atoms with Gasteiger partial charge in [0, 0.05) is 67.7 Å². The van der Waals surface area contributed by atoms with Gasteiger partial charge in [-0.25, -0.2) is 4.98 Å². The van der Waals surface area contributed by atoms with E-state index in [-0.39, 0.29) is 36.4 Å². The number of halogens is 3. The van der Waals surface area contributed by atoms with E-state index in [1.807, 2.05) is 29.1 Å². The fourth-order valence-electron chi connectivity index (χ4n) is 8.80. The van der Waals surface area contributed by atoms with Crippen molar-refractivity contribution in [2.24, 2.45) is 5.92 Å². The Morgan fingerprint density at radius 2 is 1.71 bits per heavy atom. The number of benzene rings is 2. The molecule has 8 rings (SSSR count). The Labute approximate surface area is 338 Å². The van der Waals surface area contributed by atoms with Crippen LogP contribution in [0.15, 0.2) is 54.7 Å². The van der Waals surface area contributed by atoms with Crippen LogP contribution >= 0.6 is 12.6 Å². The third-order valence-corrected chi connectivity index (χ3v) is 12.4. The predicted molar refractivity (Wildman–Crippen MR) is 212 cm³/mol. The number of amides is 4. The Hall–Kier alpha value is -5.00. The largest absolute Gasteiger partial charge is 0.433 e. The van der Waals surface area contributed by atoms with Crippen LogP contribution in [0, 0.1) is 5.92 Å². The number of thiol groups is 1. The molecule has 3 fully saturated rings. The third kappa shape index (κ3) is 7.78. The minimum absolute atomic E-state index is 0.136. The highest BCUT2D eigenvalue weighted by atomic mass is 32.1. The predicted octanol–water partition coefficient (Wildman–Crippen LogP) is 5.67. The Bertz CT molecular complexity index is 2280. The first-order valence-electron chi connectivity index (χ1n) is 19.6. The fourth-order valence-corrected chi connectivity index (χ4v) is 9.28. The summed E-state index contributed by atoms with van der Waals surface area (Å²) in [6.07, 6.45) is 1.36. The molecule has 4 aliphatic heterocycles. The van der Waals surface area contributed by atoms with Gasteiger partial charge in [0.15, 0.2) is 0 Å². The van der Waals surface area contributed by atoms with E-state index in [1.165, 1.54) is 11.0 Å². The molecule has 0 radical (unpaired) electrons. The molecule has 17 heteroatoms. The van der Waals surface area contributed by atoms with Crippen molar-refractivity contribution in [2.75, 3.05) is 42.9 Å². The molecule has 13 nitrogen and oxygen atoms in total. The van der Waals surface area contributed by atoms with E-state index in [2.05, 4.69) is 25.4 Å². The SMILES string of the molecule is CC(C)(O)c1cc2nn(C3CCN(CC4CCN(c5cccc6c5C(=O)N(C5CCC(=O)NC5=O)C6S)CC4)CC3)cc2cc1NC(=O)c1cccc(C(F)(F)F)n1. The van der Waals surface area contributed by atoms with Crippen LogP contribution in [-0.2, 0) is 21.4 Å². The number of aromatic nitrogens is 3. The number of carbonyl (C=O) groups excluding carboxylic acids is 4. The van der Waals surface area contributed by atoms with Gasteiger partial charge >= 0.3 is 6.18 Å². The van der Waals surface area contributed by atoms with Crippen molar-refractivity contribution >= 4 is 58.5 Å². The standard InChI is InChI=1S/C41H45F3N8O5S/c1-40(2,57)27-20-29-24(19-30(27)46-36(54)28-6-4-8-33(45-28)41(42,43)44)22-51(48-29)25-13-15-49(16-14-25)21-23-11-17-50(18-12-23)31-7-3-5-26-35(31)38(56)52(39(26)58)32-9-10-34(53)47-37(32)55/h3-8,19-20,22-23,25,32,39,57-58H,9-18,21H2,1-2H3,(H,46,54)(H,47,53,55). The molecular formula is C41H45F3N8O5S. The van der Waals surface area contributed by atoms with Gasteiger partial charge in [0.1, 0.15) is 22.8 Å². The summed E-state index contributed by atoms with van der Waals surface area (Å²) in [6.45, 7) is 7.47. The van der Waals surface area contributed by atoms with E-state index in [4.69, 9.17) is 17.7 Å². The maximum absolute atomic E-state index is 13.8. The van der Waals surface area contributed by atoms with Gasteiger partial charge in [0.05, 0.1) is 22.7 Å². The van der Waals surface area contributed by atoms with Crippen LogP contribution < -0.4 is 15.5 Å². The summed E-state index contributed by atoms with van der Waals surface area (Å²) in [6, 6.07) is 11.7. The first-order chi connectivity index (χ1) is 27.5. The average Bonchev–Trinajstić information content (AvgIpc) is 3.72. The van der Waals surface area contributed by atoms with E-state index in [0.717, 1.165) is 81.8 Å². The van der Waals surface area contributed by atoms with Gasteiger partial charge in [0.25, 0.3) is 11.8 Å². The topological polar surface area (TPSA) is 153 Å². The lowest BCUT2D eigenvalue weighted by Gasteiger charge is -2.38. The average molecular weight is 819 g/mol. The Kier molecular flexibility index (Phi) is 10.5. The lowest BCUT2D eigenvalue weighted by atomic mass is 9.93. The molecule has 4 aliphatic rings. The van der Waals surface area contributed by atoms with Crippen LogP contribution in [0.5, 0.6) is 0 Å². The molecule has 0 bridgehead atoms. The molecule has 2 unspecified atom stereocenters. The van der Waals surface area contributed by atoms with E-state index in [1.54, 1.807) is 26.0 Å². The van der Waals surface area contributed by atoms with Crippen molar-refractivity contribution in [1.29, 1.82) is 0 Å². The first-order valence-corrected chi connectivity index (χ1v) is 20.1. The molecule has 0 saturated carbocycles. The number of anilines is 2. The first kappa shape index (κ1) is 39.8. The van der Waals surface area contributed by atoms with Crippen molar-refractivity contribution < 1.29 is 37.5 Å². The quantitative estimate of drug-likeness (QED) is 0.130. The molecular weight excluding hydrogens is 774 g/mol. The van der Waals surface area contributed by atoms with Crippen LogP contribution in [-0.4, -0.2) is 92.1 Å². The number of hydrogen-bond acceptors (Lipinski definition) is 10. The van der Waals surface area contributed by atoms with Crippen LogP contribution in [0.25, 0.3) is 10.9 Å². The Morgan fingerprint density at radius 3 is 2.40 bits per heavy atom. The minimum atomic E-state index is -4.70. The number of imide groups is 1. The van der Waals surface area contributed by atoms with Gasteiger partial charge in [-0.3, -0.25) is 29.2 Å². The number of aliphatic hydroxyl groups is 1. The molecule has 4 amide bonds. The summed E-state index contributed by atoms with van der Waals surface area (Å²) in [5.74, 6) is -1.36. The maximum atomic E-state index is 13.8. The van der Waals surface area contributed by atoms with Gasteiger partial charge < -0.3 is 25.1 Å². The number of piperidine rings is 3. The summed E-state index contributed by atoms with van der Waals surface area (Å²) in [7, 11) is 0. The van der Waals surface area contributed by atoms with Crippen molar-refractivity contribution in [3.63, 3.8) is 0 Å². The Morgan fingerprint density at radius 1 is 0.983 bits per heavy atom. The van der Waals surface area contributed by atoms with E-state index in [0.29, 0.717) is 27.9 Å². The number of pyridine rings is 1. The van der Waals surface area contributed by atoms with Gasteiger partial charge in [-0.05, 0) is 87.8 Å². The molecule has 6 heterocycles. The highest BCUT2D eigenvalue weighted by Crippen LogP contribution is 2.44. The molecule has 306 valence electrons. The zero-order chi connectivity index (χ0) is 41.1. The summed E-state index contributed by atoms with van der Waals surface area (Å²) in [5.41, 5.74) is 0.521. The van der Waals surface area contributed by atoms with E-state index in [9.17, 15) is 37.5 Å². The second-order valence-corrected chi connectivity index (χ2v) is 16.7. The molecule has 3 saturated heterocycles. The van der Waals surface area contributed by atoms with Gasteiger partial charge in [-0.1, -0.05) is 18.2 Å². The number of nitrogens with one attached hydrogen (secondary N) is 2. The van der Waals surface area contributed by atoms with Crippen LogP contribution in [0.3, 0.4) is 0 Å². The number of hydrogen-bond donors (Lipinski definition) is 4. The molecule has 2 atom stereocenters. The lowest BCUT2D eigenvalue weighted by molar-refractivity contribution is -0.141. The summed E-state index contributed by atoms with van der Waals surface area (Å²) in [4.78, 5) is 61.1. The van der Waals surface area contributed by atoms with Gasteiger partial charge in [0.2, 0.25) is 11.8 Å². The van der Waals surface area contributed by atoms with E-state index < -0.39 is 46.4 Å². The maximum Gasteiger partial charge on any atom is 0.433 e. The number of alkyl halides is 3. The second-order valence-electron chi connectivity index (χ2n) is 16.2. The number of fused-ring (bicyclic) bond motifs is 2. The van der Waals surface area contributed by atoms with Gasteiger partial charge in [-0.2, -0.15) is 18.3 Å². The molecule has 2 aromatic heterocycles. The molecule has 0 aliphatic carbocycles. The summed E-state index contributed by atoms with van der Waals surface area (Å²) < 4.78 is 41.7. The number of rotatable bonds is 8. The highest BCUT2D eigenvalue weighted by molar-refractivity contribution is 7.80. The molecule has 2 aromatic carbocycles. The van der Waals surface area contributed by atoms with Crippen molar-refractivity contribution in [3.05, 3.63) is 82.8 Å². The monoisotopic (exact) mass is 818 g/mol. The zero-order valence-electron chi connectivity index (χ0n) is 32.1. The Balaban J connectivity index is 0.880. The lowest BCUT2D eigenvalue weighted by Crippen LogP contribution is -2.53. The van der Waals surface area contributed by atoms with Crippen LogP contribution in [0.2, 0.25) is 0 Å². The smallest absolute Gasteiger partial charge is 0.386 e. The van der Waals surface area contributed by atoms with Crippen molar-refractivity contribution in [2.45, 2.75) is 81.6 Å². The zero-order valence-corrected chi connectivity index (χ0v) is 33.0. The second kappa shape index (κ2) is 15.3. The molecule has 0 spiro atoms. The van der Waals surface area contributed by atoms with Crippen LogP contribution in [0.1, 0.15) is 101 Å². The third-order valence-electron chi connectivity index (χ3n) is 11.9. The minimum Gasteiger partial charge on any atom is -0.386 e. The normalized spacial score (nSPS) is 21.5. The number of carbonyl (C=O) groups is 4. The summed E-state index contributed by atoms with van der Waals surface area (Å²) in [5, 5.41) is 21.0. The summed E-state index contributed by atoms with van der Waals surface area (Å²) >= 11 is 4.75. The van der Waals surface area contributed by atoms with Crippen LogP contribution in [0.4, 0.5) is 24.5 Å². The van der Waals surface area contributed by atoms with Gasteiger partial charge in [-0.15, -0.1) is 12.6 Å². The number of likely N-dealkylation sites (tertiary alicyclic amines) is 1. The number of nitrogens with zero attached hydrogens (tertiary/aromatic N) is 6. The molecule has 58 heavy (non-hydrogen) atoms. The van der Waals surface area contributed by atoms with E-state index >= 15 is 0 Å².